The highest BCUT2D eigenvalue weighted by molar-refractivity contribution is 7.92. The van der Waals surface area contributed by atoms with E-state index >= 15 is 0 Å². The molecule has 0 saturated carbocycles. The molecule has 0 unspecified atom stereocenters. The summed E-state index contributed by atoms with van der Waals surface area (Å²) >= 11 is 6.06. The minimum Gasteiger partial charge on any atom is -0.324 e. The van der Waals surface area contributed by atoms with Gasteiger partial charge in [0, 0.05) is 10.7 Å². The van der Waals surface area contributed by atoms with E-state index in [2.05, 4.69) is 10.0 Å². The quantitative estimate of drug-likeness (QED) is 0.439. The highest BCUT2D eigenvalue weighted by atomic mass is 35.5. The van der Waals surface area contributed by atoms with Crippen LogP contribution in [-0.2, 0) is 24.8 Å². The molecule has 3 rings (SSSR count). The summed E-state index contributed by atoms with van der Waals surface area (Å²) in [4.78, 5) is 12.9. The maximum Gasteiger partial charge on any atom is 0.261 e. The van der Waals surface area contributed by atoms with E-state index < -0.39 is 32.0 Å². The number of hydrogen-bond acceptors (Lipinski definition) is 5. The molecule has 0 radical (unpaired) electrons. The first kappa shape index (κ1) is 26.5. The van der Waals surface area contributed by atoms with Crippen LogP contribution in [0.2, 0.25) is 5.02 Å². The molecule has 35 heavy (non-hydrogen) atoms. The Labute approximate surface area is 211 Å². The zero-order valence-electron chi connectivity index (χ0n) is 19.6. The van der Waals surface area contributed by atoms with E-state index in [4.69, 9.17) is 11.6 Å². The fourth-order valence-electron chi connectivity index (χ4n) is 3.39. The second kappa shape index (κ2) is 10.3. The van der Waals surface area contributed by atoms with Crippen molar-refractivity contribution < 1.29 is 21.6 Å². The predicted molar refractivity (Wildman–Crippen MR) is 140 cm³/mol. The Kier molecular flexibility index (Phi) is 7.78. The van der Waals surface area contributed by atoms with Crippen molar-refractivity contribution >= 4 is 54.6 Å². The van der Waals surface area contributed by atoms with Crippen molar-refractivity contribution in [3.63, 3.8) is 0 Å². The standard InChI is InChI=1S/C24H26ClN3O5S2/c1-16-8-12-20(13-9-16)28(34(4,30)31)18(3)24(29)26-19-10-14-21(15-11-19)35(32,33)27-23-7-5-6-22(25)17(23)2/h5-15,18,27H,1-4H3,(H,26,29)/t18-/m0/s1. The number of carbonyl (C=O) groups excluding carboxylic acids is 1. The van der Waals surface area contributed by atoms with Gasteiger partial charge in [0.15, 0.2) is 0 Å². The van der Waals surface area contributed by atoms with Gasteiger partial charge in [-0.25, -0.2) is 16.8 Å². The Morgan fingerprint density at radius 3 is 2.09 bits per heavy atom. The highest BCUT2D eigenvalue weighted by Crippen LogP contribution is 2.26. The lowest BCUT2D eigenvalue weighted by atomic mass is 10.2. The topological polar surface area (TPSA) is 113 Å². The molecular formula is C24H26ClN3O5S2. The van der Waals surface area contributed by atoms with Crippen molar-refractivity contribution in [2.24, 2.45) is 0 Å². The van der Waals surface area contributed by atoms with Crippen molar-refractivity contribution in [3.8, 4) is 0 Å². The monoisotopic (exact) mass is 535 g/mol. The summed E-state index contributed by atoms with van der Waals surface area (Å²) in [6.45, 7) is 5.06. The van der Waals surface area contributed by atoms with Crippen molar-refractivity contribution in [2.45, 2.75) is 31.7 Å². The molecule has 0 aliphatic carbocycles. The average molecular weight is 536 g/mol. The van der Waals surface area contributed by atoms with Crippen LogP contribution in [0, 0.1) is 13.8 Å². The summed E-state index contributed by atoms with van der Waals surface area (Å²) in [6, 6.07) is 16.2. The van der Waals surface area contributed by atoms with Crippen LogP contribution >= 0.6 is 11.6 Å². The van der Waals surface area contributed by atoms with E-state index in [-0.39, 0.29) is 4.90 Å². The lowest BCUT2D eigenvalue weighted by Crippen LogP contribution is -2.45. The minimum absolute atomic E-state index is 0.0136. The Morgan fingerprint density at radius 1 is 0.914 bits per heavy atom. The van der Waals surface area contributed by atoms with Gasteiger partial charge in [0.1, 0.15) is 6.04 Å². The number of nitrogens with zero attached hydrogens (tertiary/aromatic N) is 1. The molecule has 8 nitrogen and oxygen atoms in total. The van der Waals surface area contributed by atoms with Gasteiger partial charge in [-0.05, 0) is 74.9 Å². The van der Waals surface area contributed by atoms with E-state index in [1.54, 1.807) is 49.4 Å². The van der Waals surface area contributed by atoms with Crippen LogP contribution in [0.25, 0.3) is 0 Å². The Morgan fingerprint density at radius 2 is 1.51 bits per heavy atom. The van der Waals surface area contributed by atoms with Crippen LogP contribution < -0.4 is 14.3 Å². The number of anilines is 3. The van der Waals surface area contributed by atoms with E-state index in [0.717, 1.165) is 16.1 Å². The Hall–Kier alpha value is -3.08. The number of aryl methyl sites for hydroxylation is 1. The third kappa shape index (κ3) is 6.33. The molecule has 0 aliphatic heterocycles. The van der Waals surface area contributed by atoms with Crippen LogP contribution in [0.1, 0.15) is 18.1 Å². The summed E-state index contributed by atoms with van der Waals surface area (Å²) in [5.74, 6) is -0.570. The van der Waals surface area contributed by atoms with Gasteiger partial charge in [-0.15, -0.1) is 0 Å². The first-order valence-electron chi connectivity index (χ1n) is 10.5. The second-order valence-corrected chi connectivity index (χ2v) is 12.1. The lowest BCUT2D eigenvalue weighted by Gasteiger charge is -2.28. The fraction of sp³-hybridized carbons (Fsp3) is 0.208. The third-order valence-electron chi connectivity index (χ3n) is 5.32. The van der Waals surface area contributed by atoms with Gasteiger partial charge in [0.2, 0.25) is 15.9 Å². The molecular weight excluding hydrogens is 510 g/mol. The normalized spacial score (nSPS) is 12.6. The van der Waals surface area contributed by atoms with Crippen molar-refractivity contribution in [2.75, 3.05) is 20.6 Å². The third-order valence-corrected chi connectivity index (χ3v) is 8.35. The SMILES string of the molecule is Cc1ccc(N([C@@H](C)C(=O)Nc2ccc(S(=O)(=O)Nc3cccc(Cl)c3C)cc2)S(C)(=O)=O)cc1. The molecule has 2 N–H and O–H groups in total. The van der Waals surface area contributed by atoms with Crippen molar-refractivity contribution in [3.05, 3.63) is 82.9 Å². The molecule has 186 valence electrons. The molecule has 0 spiro atoms. The summed E-state index contributed by atoms with van der Waals surface area (Å²) in [5, 5.41) is 3.08. The lowest BCUT2D eigenvalue weighted by molar-refractivity contribution is -0.116. The van der Waals surface area contributed by atoms with Gasteiger partial charge < -0.3 is 5.32 Å². The first-order chi connectivity index (χ1) is 16.3. The smallest absolute Gasteiger partial charge is 0.261 e. The number of rotatable bonds is 8. The molecule has 11 heteroatoms. The number of carbonyl (C=O) groups is 1. The molecule has 0 aromatic heterocycles. The van der Waals surface area contributed by atoms with Crippen LogP contribution in [-0.4, -0.2) is 35.0 Å². The maximum atomic E-state index is 12.9. The van der Waals surface area contributed by atoms with Gasteiger partial charge in [-0.3, -0.25) is 13.8 Å². The molecule has 1 atom stereocenters. The minimum atomic E-state index is -3.90. The first-order valence-corrected chi connectivity index (χ1v) is 14.3. The maximum absolute atomic E-state index is 12.9. The molecule has 0 fully saturated rings. The van der Waals surface area contributed by atoms with E-state index in [0.29, 0.717) is 27.6 Å². The number of hydrogen-bond donors (Lipinski definition) is 2. The number of amides is 1. The number of benzene rings is 3. The molecule has 0 saturated heterocycles. The predicted octanol–water partition coefficient (Wildman–Crippen LogP) is 4.55. The van der Waals surface area contributed by atoms with Crippen molar-refractivity contribution in [1.82, 2.24) is 0 Å². The van der Waals surface area contributed by atoms with Gasteiger partial charge >= 0.3 is 0 Å². The van der Waals surface area contributed by atoms with E-state index in [1.807, 2.05) is 6.92 Å². The van der Waals surface area contributed by atoms with Gasteiger partial charge in [-0.2, -0.15) is 0 Å². The van der Waals surface area contributed by atoms with Gasteiger partial charge in [0.25, 0.3) is 10.0 Å². The summed E-state index contributed by atoms with van der Waals surface area (Å²) in [6.07, 6.45) is 1.03. The number of halogens is 1. The van der Waals surface area contributed by atoms with E-state index in [9.17, 15) is 21.6 Å². The molecule has 1 amide bonds. The highest BCUT2D eigenvalue weighted by Gasteiger charge is 2.29. The number of sulfonamides is 2. The van der Waals surface area contributed by atoms with Gasteiger partial charge in [0.05, 0.1) is 22.5 Å². The molecule has 0 bridgehead atoms. The summed E-state index contributed by atoms with van der Waals surface area (Å²) in [5.41, 5.74) is 2.59. The summed E-state index contributed by atoms with van der Waals surface area (Å²) < 4.78 is 53.9. The van der Waals surface area contributed by atoms with Crippen LogP contribution in [0.3, 0.4) is 0 Å². The van der Waals surface area contributed by atoms with Crippen LogP contribution in [0.15, 0.2) is 71.6 Å². The summed E-state index contributed by atoms with van der Waals surface area (Å²) in [7, 11) is -7.65. The van der Waals surface area contributed by atoms with Gasteiger partial charge in [-0.1, -0.05) is 35.4 Å². The van der Waals surface area contributed by atoms with Crippen LogP contribution in [0.5, 0.6) is 0 Å². The largest absolute Gasteiger partial charge is 0.324 e. The Bertz CT molecular complexity index is 1440. The molecule has 0 aliphatic rings. The fourth-order valence-corrected chi connectivity index (χ4v) is 5.86. The zero-order chi connectivity index (χ0) is 26.0. The Balaban J connectivity index is 1.77. The number of nitrogens with one attached hydrogen (secondary N) is 2. The van der Waals surface area contributed by atoms with Crippen molar-refractivity contribution in [1.29, 1.82) is 0 Å². The second-order valence-electron chi connectivity index (χ2n) is 8.10. The van der Waals surface area contributed by atoms with E-state index in [1.165, 1.54) is 31.2 Å². The molecule has 0 heterocycles. The molecule has 3 aromatic carbocycles. The molecule has 3 aromatic rings. The zero-order valence-corrected chi connectivity index (χ0v) is 22.0. The van der Waals surface area contributed by atoms with Crippen LogP contribution in [0.4, 0.5) is 17.1 Å². The average Bonchev–Trinajstić information content (AvgIpc) is 2.77.